The lowest BCUT2D eigenvalue weighted by Gasteiger charge is -2.27. The lowest BCUT2D eigenvalue weighted by molar-refractivity contribution is -0.127. The van der Waals surface area contributed by atoms with E-state index < -0.39 is 0 Å². The van der Waals surface area contributed by atoms with Crippen LogP contribution in [0.15, 0.2) is 46.9 Å². The lowest BCUT2D eigenvalue weighted by Crippen LogP contribution is -2.38. The number of nitrogens with zero attached hydrogens (tertiary/aromatic N) is 1. The number of hydrogen-bond acceptors (Lipinski definition) is 3. The number of rotatable bonds is 4. The molecule has 1 amide bonds. The van der Waals surface area contributed by atoms with E-state index >= 15 is 0 Å². The first-order valence-corrected chi connectivity index (χ1v) is 9.25. The smallest absolute Gasteiger partial charge is 0.219 e. The quantitative estimate of drug-likeness (QED) is 0.763. The summed E-state index contributed by atoms with van der Waals surface area (Å²) < 4.78 is 19.6. The maximum absolute atomic E-state index is 13.5. The highest BCUT2D eigenvalue weighted by atomic mass is 19.1. The topological polar surface area (TPSA) is 45.5 Å². The molecule has 140 valence electrons. The molecule has 1 N–H and O–H groups in total. The first kappa shape index (κ1) is 17.7. The number of amides is 1. The van der Waals surface area contributed by atoms with Gasteiger partial charge in [0, 0.05) is 38.0 Å². The molecule has 0 fully saturated rings. The fraction of sp³-hybridized carbons (Fsp3) is 0.318. The molecule has 4 nitrogen and oxygen atoms in total. The van der Waals surface area contributed by atoms with Crippen LogP contribution >= 0.6 is 0 Å². The van der Waals surface area contributed by atoms with Gasteiger partial charge in [-0.15, -0.1) is 0 Å². The van der Waals surface area contributed by atoms with Crippen molar-refractivity contribution in [2.45, 2.75) is 25.8 Å². The number of halogens is 1. The number of benzene rings is 2. The van der Waals surface area contributed by atoms with Gasteiger partial charge in [0.25, 0.3) is 0 Å². The first-order valence-electron chi connectivity index (χ1n) is 9.25. The predicted octanol–water partition coefficient (Wildman–Crippen LogP) is 3.83. The summed E-state index contributed by atoms with van der Waals surface area (Å²) in [5, 5.41) is 4.57. The summed E-state index contributed by atoms with van der Waals surface area (Å²) in [6.45, 7) is 3.01. The zero-order chi connectivity index (χ0) is 19.0. The molecule has 1 unspecified atom stereocenters. The molecular formula is C22H23FN2O2. The fourth-order valence-corrected chi connectivity index (χ4v) is 3.76. The van der Waals surface area contributed by atoms with E-state index in [1.54, 1.807) is 31.0 Å². The average molecular weight is 366 g/mol. The van der Waals surface area contributed by atoms with Gasteiger partial charge in [0.15, 0.2) is 0 Å². The second-order valence-electron chi connectivity index (χ2n) is 7.24. The van der Waals surface area contributed by atoms with Gasteiger partial charge in [-0.1, -0.05) is 18.2 Å². The van der Waals surface area contributed by atoms with Gasteiger partial charge in [0.2, 0.25) is 5.91 Å². The summed E-state index contributed by atoms with van der Waals surface area (Å²) in [5.41, 5.74) is 4.16. The lowest BCUT2D eigenvalue weighted by atomic mass is 9.97. The molecule has 2 aromatic carbocycles. The van der Waals surface area contributed by atoms with Gasteiger partial charge in [-0.25, -0.2) is 4.39 Å². The van der Waals surface area contributed by atoms with Crippen molar-refractivity contribution >= 4 is 16.9 Å². The minimum atomic E-state index is -0.210. The minimum Gasteiger partial charge on any atom is -0.459 e. The molecule has 3 aromatic rings. The zero-order valence-electron chi connectivity index (χ0n) is 15.6. The molecule has 0 aliphatic carbocycles. The van der Waals surface area contributed by atoms with Crippen LogP contribution in [-0.2, 0) is 17.6 Å². The number of nitrogens with one attached hydrogen (secondary N) is 1. The molecule has 1 aliphatic heterocycles. The van der Waals surface area contributed by atoms with E-state index in [-0.39, 0.29) is 17.8 Å². The summed E-state index contributed by atoms with van der Waals surface area (Å²) in [5.74, 6) is 0.752. The minimum absolute atomic E-state index is 0.00159. The Bertz CT molecular complexity index is 995. The molecule has 0 saturated carbocycles. The van der Waals surface area contributed by atoms with E-state index in [1.807, 2.05) is 18.2 Å². The molecule has 1 aromatic heterocycles. The van der Waals surface area contributed by atoms with E-state index in [0.29, 0.717) is 13.0 Å². The molecule has 0 bridgehead atoms. The van der Waals surface area contributed by atoms with Crippen molar-refractivity contribution in [1.29, 1.82) is 0 Å². The number of carbonyl (C=O) groups excluding carboxylic acids is 1. The van der Waals surface area contributed by atoms with Crippen LogP contribution in [0.4, 0.5) is 4.39 Å². The molecule has 0 spiro atoms. The number of carbonyl (C=O) groups is 1. The number of hydrogen-bond donors (Lipinski definition) is 1. The van der Waals surface area contributed by atoms with Gasteiger partial charge in [-0.2, -0.15) is 0 Å². The second kappa shape index (κ2) is 7.16. The normalized spacial score (nSPS) is 16.3. The van der Waals surface area contributed by atoms with E-state index in [1.165, 1.54) is 11.6 Å². The van der Waals surface area contributed by atoms with Crippen LogP contribution < -0.4 is 5.32 Å². The Hall–Kier alpha value is -2.66. The third-order valence-electron chi connectivity index (χ3n) is 5.26. The van der Waals surface area contributed by atoms with Crippen molar-refractivity contribution in [2.24, 2.45) is 0 Å². The van der Waals surface area contributed by atoms with Crippen LogP contribution in [0.2, 0.25) is 0 Å². The van der Waals surface area contributed by atoms with Crippen LogP contribution in [0.1, 0.15) is 35.4 Å². The predicted molar refractivity (Wildman–Crippen MR) is 103 cm³/mol. The average Bonchev–Trinajstić information content (AvgIpc) is 3.01. The van der Waals surface area contributed by atoms with Crippen LogP contribution in [0, 0.1) is 5.82 Å². The summed E-state index contributed by atoms with van der Waals surface area (Å²) in [7, 11) is 1.80. The van der Waals surface area contributed by atoms with Gasteiger partial charge >= 0.3 is 0 Å². The highest BCUT2D eigenvalue weighted by Gasteiger charge is 2.27. The Morgan fingerprint density at radius 2 is 2.07 bits per heavy atom. The molecule has 0 saturated heterocycles. The molecule has 0 radical (unpaired) electrons. The first-order chi connectivity index (χ1) is 13.0. The van der Waals surface area contributed by atoms with Gasteiger partial charge in [0.05, 0.1) is 6.04 Å². The number of likely N-dealkylation sites (N-methyl/N-ethyl adjacent to an activating group) is 1. The standard InChI is InChI=1S/C22H23FN2O2/c1-14(26)25(2)13-20-22-18(8-9-24-20)19-12-16(6-7-21(19)27-22)10-15-4-3-5-17(23)11-15/h3-7,11-12,20,24H,8-10,13H2,1-2H3. The highest BCUT2D eigenvalue weighted by molar-refractivity contribution is 5.83. The second-order valence-corrected chi connectivity index (χ2v) is 7.24. The van der Waals surface area contributed by atoms with Crippen molar-refractivity contribution in [3.63, 3.8) is 0 Å². The zero-order valence-corrected chi connectivity index (χ0v) is 15.6. The highest BCUT2D eigenvalue weighted by Crippen LogP contribution is 2.34. The van der Waals surface area contributed by atoms with E-state index in [9.17, 15) is 9.18 Å². The summed E-state index contributed by atoms with van der Waals surface area (Å²) >= 11 is 0. The SMILES string of the molecule is CC(=O)N(C)CC1NCCc2c1oc1ccc(Cc3cccc(F)c3)cc21. The Morgan fingerprint density at radius 3 is 2.85 bits per heavy atom. The van der Waals surface area contributed by atoms with E-state index in [4.69, 9.17) is 4.42 Å². The van der Waals surface area contributed by atoms with Crippen molar-refractivity contribution in [2.75, 3.05) is 20.1 Å². The van der Waals surface area contributed by atoms with Gasteiger partial charge in [-0.05, 0) is 48.2 Å². The van der Waals surface area contributed by atoms with Crippen molar-refractivity contribution in [3.8, 4) is 0 Å². The van der Waals surface area contributed by atoms with Gasteiger partial charge < -0.3 is 14.6 Å². The largest absolute Gasteiger partial charge is 0.459 e. The Labute approximate surface area is 158 Å². The van der Waals surface area contributed by atoms with Crippen LogP contribution in [0.3, 0.4) is 0 Å². The number of fused-ring (bicyclic) bond motifs is 3. The molecule has 2 heterocycles. The van der Waals surface area contributed by atoms with Crippen LogP contribution in [0.25, 0.3) is 11.0 Å². The van der Waals surface area contributed by atoms with Crippen molar-refractivity contribution < 1.29 is 13.6 Å². The molecule has 4 rings (SSSR count). The van der Waals surface area contributed by atoms with Crippen LogP contribution in [0.5, 0.6) is 0 Å². The van der Waals surface area contributed by atoms with Crippen molar-refractivity contribution in [3.05, 3.63) is 70.7 Å². The van der Waals surface area contributed by atoms with Gasteiger partial charge in [0.1, 0.15) is 17.2 Å². The maximum Gasteiger partial charge on any atom is 0.219 e. The monoisotopic (exact) mass is 366 g/mol. The maximum atomic E-state index is 13.5. The van der Waals surface area contributed by atoms with Crippen molar-refractivity contribution in [1.82, 2.24) is 10.2 Å². The molecule has 5 heteroatoms. The number of furan rings is 1. The Kier molecular flexibility index (Phi) is 4.70. The summed E-state index contributed by atoms with van der Waals surface area (Å²) in [6.07, 6.45) is 1.58. The molecule has 1 aliphatic rings. The summed E-state index contributed by atoms with van der Waals surface area (Å²) in [6, 6.07) is 12.9. The third-order valence-corrected chi connectivity index (χ3v) is 5.26. The molecular weight excluding hydrogens is 343 g/mol. The van der Waals surface area contributed by atoms with Gasteiger partial charge in [-0.3, -0.25) is 4.79 Å². The summed E-state index contributed by atoms with van der Waals surface area (Å²) in [4.78, 5) is 13.3. The van der Waals surface area contributed by atoms with E-state index in [0.717, 1.165) is 40.8 Å². The Morgan fingerprint density at radius 1 is 1.26 bits per heavy atom. The Balaban J connectivity index is 1.66. The van der Waals surface area contributed by atoms with Crippen LogP contribution in [-0.4, -0.2) is 30.9 Å². The molecule has 27 heavy (non-hydrogen) atoms. The fourth-order valence-electron chi connectivity index (χ4n) is 3.76. The molecule has 1 atom stereocenters. The van der Waals surface area contributed by atoms with E-state index in [2.05, 4.69) is 11.4 Å². The third kappa shape index (κ3) is 3.60.